The zero-order chi connectivity index (χ0) is 11.3. The molecule has 0 aromatic rings. The number of nitrogens with two attached hydrogens (primary N) is 1. The Hall–Kier alpha value is -0.610. The largest absolute Gasteiger partial charge is 0.378 e. The van der Waals surface area contributed by atoms with Gasteiger partial charge in [0.25, 0.3) is 0 Å². The third-order valence-corrected chi connectivity index (χ3v) is 2.83. The third-order valence-electron chi connectivity index (χ3n) is 2.83. The first kappa shape index (κ1) is 12.5. The lowest BCUT2D eigenvalue weighted by Gasteiger charge is -2.35. The minimum atomic E-state index is -0.00670. The summed E-state index contributed by atoms with van der Waals surface area (Å²) in [6, 6.07) is 0.297. The van der Waals surface area contributed by atoms with Crippen LogP contribution in [0.5, 0.6) is 0 Å². The van der Waals surface area contributed by atoms with Gasteiger partial charge in [-0.3, -0.25) is 4.79 Å². The van der Waals surface area contributed by atoms with Crippen LogP contribution in [0.25, 0.3) is 0 Å². The summed E-state index contributed by atoms with van der Waals surface area (Å²) in [5.74, 6) is 0.0734. The molecule has 15 heavy (non-hydrogen) atoms. The first-order valence-corrected chi connectivity index (χ1v) is 5.82. The molecule has 0 bridgehead atoms. The number of amides is 1. The smallest absolute Gasteiger partial charge is 0.221 e. The Bertz CT molecular complexity index is 203. The Labute approximate surface area is 91.5 Å². The summed E-state index contributed by atoms with van der Waals surface area (Å²) in [7, 11) is 0. The van der Waals surface area contributed by atoms with Gasteiger partial charge in [-0.1, -0.05) is 6.92 Å². The monoisotopic (exact) mass is 214 g/mol. The average molecular weight is 214 g/mol. The van der Waals surface area contributed by atoms with Gasteiger partial charge in [-0.05, 0) is 26.2 Å². The maximum atomic E-state index is 11.4. The van der Waals surface area contributed by atoms with Gasteiger partial charge in [0, 0.05) is 25.1 Å². The summed E-state index contributed by atoms with van der Waals surface area (Å²) in [6.07, 6.45) is 3.52. The average Bonchev–Trinajstić information content (AvgIpc) is 2.14. The standard InChI is InChI=1S/C11H22N2O2/c1-3-8(12)5-11(14)13-9-6-10(7-9)15-4-2/h8-10H,3-7,12H2,1-2H3,(H,13,14). The number of rotatable bonds is 6. The fourth-order valence-electron chi connectivity index (χ4n) is 1.72. The van der Waals surface area contributed by atoms with E-state index < -0.39 is 0 Å². The molecule has 1 aliphatic carbocycles. The minimum Gasteiger partial charge on any atom is -0.378 e. The van der Waals surface area contributed by atoms with Gasteiger partial charge >= 0.3 is 0 Å². The molecular formula is C11H22N2O2. The van der Waals surface area contributed by atoms with Gasteiger partial charge in [-0.15, -0.1) is 0 Å². The number of carbonyl (C=O) groups is 1. The second-order valence-corrected chi connectivity index (χ2v) is 4.19. The Kier molecular flexibility index (Phi) is 5.05. The van der Waals surface area contributed by atoms with Crippen LogP contribution in [0.15, 0.2) is 0 Å². The van der Waals surface area contributed by atoms with Gasteiger partial charge in [0.1, 0.15) is 0 Å². The van der Waals surface area contributed by atoms with Crippen molar-refractivity contribution < 1.29 is 9.53 Å². The first-order valence-electron chi connectivity index (χ1n) is 5.82. The molecule has 0 radical (unpaired) electrons. The molecule has 1 amide bonds. The molecule has 1 rings (SSSR count). The van der Waals surface area contributed by atoms with Crippen molar-refractivity contribution in [3.05, 3.63) is 0 Å². The summed E-state index contributed by atoms with van der Waals surface area (Å²) in [6.45, 7) is 4.74. The highest BCUT2D eigenvalue weighted by Crippen LogP contribution is 2.23. The number of ether oxygens (including phenoxy) is 1. The van der Waals surface area contributed by atoms with Crippen LogP contribution in [0, 0.1) is 0 Å². The van der Waals surface area contributed by atoms with E-state index in [1.54, 1.807) is 0 Å². The molecule has 1 saturated carbocycles. The number of nitrogens with one attached hydrogen (secondary N) is 1. The summed E-state index contributed by atoms with van der Waals surface area (Å²) in [5, 5.41) is 2.97. The maximum Gasteiger partial charge on any atom is 0.221 e. The van der Waals surface area contributed by atoms with Gasteiger partial charge < -0.3 is 15.8 Å². The van der Waals surface area contributed by atoms with Gasteiger partial charge in [-0.2, -0.15) is 0 Å². The summed E-state index contributed by atoms with van der Waals surface area (Å²) in [4.78, 5) is 11.4. The molecule has 3 N–H and O–H groups in total. The van der Waals surface area contributed by atoms with E-state index in [-0.39, 0.29) is 11.9 Å². The number of carbonyl (C=O) groups excluding carboxylic acids is 1. The predicted molar refractivity (Wildman–Crippen MR) is 59.5 cm³/mol. The highest BCUT2D eigenvalue weighted by atomic mass is 16.5. The summed E-state index contributed by atoms with van der Waals surface area (Å²) >= 11 is 0. The van der Waals surface area contributed by atoms with E-state index in [4.69, 9.17) is 10.5 Å². The quantitative estimate of drug-likeness (QED) is 0.687. The van der Waals surface area contributed by atoms with E-state index in [1.165, 1.54) is 0 Å². The van der Waals surface area contributed by atoms with E-state index >= 15 is 0 Å². The second-order valence-electron chi connectivity index (χ2n) is 4.19. The lowest BCUT2D eigenvalue weighted by molar-refractivity contribution is -0.124. The fraction of sp³-hybridized carbons (Fsp3) is 0.909. The molecule has 1 unspecified atom stereocenters. The summed E-state index contributed by atoms with van der Waals surface area (Å²) < 4.78 is 5.42. The van der Waals surface area contributed by atoms with Crippen LogP contribution in [-0.4, -0.2) is 30.7 Å². The predicted octanol–water partition coefficient (Wildman–Crippen LogP) is 0.797. The van der Waals surface area contributed by atoms with Gasteiger partial charge in [0.2, 0.25) is 5.91 Å². The van der Waals surface area contributed by atoms with Gasteiger partial charge in [0.15, 0.2) is 0 Å². The Morgan fingerprint density at radius 2 is 2.20 bits per heavy atom. The molecule has 0 aromatic carbocycles. The number of hydrogen-bond acceptors (Lipinski definition) is 3. The van der Waals surface area contributed by atoms with E-state index in [2.05, 4.69) is 5.32 Å². The van der Waals surface area contributed by atoms with Crippen molar-refractivity contribution in [1.82, 2.24) is 5.32 Å². The fourth-order valence-corrected chi connectivity index (χ4v) is 1.72. The Morgan fingerprint density at radius 1 is 1.53 bits per heavy atom. The van der Waals surface area contributed by atoms with Crippen molar-refractivity contribution in [2.24, 2.45) is 5.73 Å². The van der Waals surface area contributed by atoms with Crippen molar-refractivity contribution in [1.29, 1.82) is 0 Å². The topological polar surface area (TPSA) is 64.3 Å². The molecule has 0 aromatic heterocycles. The van der Waals surface area contributed by atoms with Crippen LogP contribution < -0.4 is 11.1 Å². The van der Waals surface area contributed by atoms with Crippen molar-refractivity contribution in [2.75, 3.05) is 6.61 Å². The molecule has 4 heteroatoms. The SMILES string of the molecule is CCOC1CC(NC(=O)CC(N)CC)C1. The zero-order valence-electron chi connectivity index (χ0n) is 9.66. The molecule has 0 saturated heterocycles. The molecule has 1 fully saturated rings. The van der Waals surface area contributed by atoms with Crippen LogP contribution in [0.2, 0.25) is 0 Å². The van der Waals surface area contributed by atoms with Crippen LogP contribution >= 0.6 is 0 Å². The van der Waals surface area contributed by atoms with Crippen molar-refractivity contribution >= 4 is 5.91 Å². The van der Waals surface area contributed by atoms with Crippen molar-refractivity contribution in [3.8, 4) is 0 Å². The molecule has 0 aliphatic heterocycles. The maximum absolute atomic E-state index is 11.4. The molecular weight excluding hydrogens is 192 g/mol. The Balaban J connectivity index is 2.08. The first-order chi connectivity index (χ1) is 7.15. The van der Waals surface area contributed by atoms with Crippen LogP contribution in [0.3, 0.4) is 0 Å². The lowest BCUT2D eigenvalue weighted by atomic mass is 9.89. The van der Waals surface area contributed by atoms with Gasteiger partial charge in [0.05, 0.1) is 6.10 Å². The van der Waals surface area contributed by atoms with Crippen LogP contribution in [0.4, 0.5) is 0 Å². The molecule has 0 spiro atoms. The third kappa shape index (κ3) is 4.18. The van der Waals surface area contributed by atoms with Crippen molar-refractivity contribution in [3.63, 3.8) is 0 Å². The van der Waals surface area contributed by atoms with E-state index in [9.17, 15) is 4.79 Å². The highest BCUT2D eigenvalue weighted by Gasteiger charge is 2.30. The molecule has 0 heterocycles. The van der Waals surface area contributed by atoms with Crippen LogP contribution in [0.1, 0.15) is 39.5 Å². The molecule has 88 valence electrons. The van der Waals surface area contributed by atoms with E-state index in [0.717, 1.165) is 25.9 Å². The van der Waals surface area contributed by atoms with Gasteiger partial charge in [-0.25, -0.2) is 0 Å². The minimum absolute atomic E-state index is 0.00670. The normalized spacial score (nSPS) is 26.9. The lowest BCUT2D eigenvalue weighted by Crippen LogP contribution is -2.48. The molecule has 1 aliphatic rings. The second kappa shape index (κ2) is 6.08. The Morgan fingerprint density at radius 3 is 2.73 bits per heavy atom. The van der Waals surface area contributed by atoms with Crippen LogP contribution in [-0.2, 0) is 9.53 Å². The molecule has 4 nitrogen and oxygen atoms in total. The highest BCUT2D eigenvalue weighted by molar-refractivity contribution is 5.77. The van der Waals surface area contributed by atoms with Crippen molar-refractivity contribution in [2.45, 2.75) is 57.7 Å². The summed E-state index contributed by atoms with van der Waals surface area (Å²) in [5.41, 5.74) is 5.70. The molecule has 1 atom stereocenters. The van der Waals surface area contributed by atoms with E-state index in [1.807, 2.05) is 13.8 Å². The number of hydrogen-bond donors (Lipinski definition) is 2. The zero-order valence-corrected chi connectivity index (χ0v) is 9.66. The van der Waals surface area contributed by atoms with E-state index in [0.29, 0.717) is 18.6 Å².